The lowest BCUT2D eigenvalue weighted by Gasteiger charge is -2.13. The van der Waals surface area contributed by atoms with Crippen LogP contribution in [0.15, 0.2) is 12.1 Å². The Balaban J connectivity index is 2.90. The third-order valence-electron chi connectivity index (χ3n) is 2.15. The first kappa shape index (κ1) is 16.6. The molecule has 0 saturated carbocycles. The molecule has 0 aromatic heterocycles. The Morgan fingerprint density at radius 2 is 1.75 bits per heavy atom. The lowest BCUT2D eigenvalue weighted by Crippen LogP contribution is -2.42. The zero-order valence-electron chi connectivity index (χ0n) is 10.1. The molecule has 0 fully saturated rings. The third-order valence-corrected chi connectivity index (χ3v) is 3.27. The van der Waals surface area contributed by atoms with Crippen LogP contribution in [0.5, 0.6) is 0 Å². The van der Waals surface area contributed by atoms with Crippen molar-refractivity contribution in [3.8, 4) is 0 Å². The van der Waals surface area contributed by atoms with E-state index in [0.29, 0.717) is 0 Å². The van der Waals surface area contributed by atoms with E-state index >= 15 is 0 Å². The van der Waals surface area contributed by atoms with Crippen molar-refractivity contribution >= 4 is 52.7 Å². The second-order valence-electron chi connectivity index (χ2n) is 3.62. The van der Waals surface area contributed by atoms with Crippen molar-refractivity contribution in [2.75, 3.05) is 0 Å². The maximum atomic E-state index is 11.9. The zero-order valence-corrected chi connectivity index (χ0v) is 12.3. The van der Waals surface area contributed by atoms with Gasteiger partial charge < -0.3 is 10.5 Å². The average Bonchev–Trinajstić information content (AvgIpc) is 2.33. The molecule has 0 radical (unpaired) electrons. The number of primary amides is 1. The van der Waals surface area contributed by atoms with Crippen LogP contribution in [0.1, 0.15) is 17.3 Å². The van der Waals surface area contributed by atoms with Crippen LogP contribution in [0.3, 0.4) is 0 Å². The largest absolute Gasteiger partial charge is 0.449 e. The third kappa shape index (κ3) is 4.00. The molecule has 1 rings (SSSR count). The molecule has 9 heteroatoms. The SMILES string of the molecule is CC(OC(=O)c1c(Cl)ccc(Cl)c1Cl)C(=O)NC(N)=O. The van der Waals surface area contributed by atoms with Crippen molar-refractivity contribution in [2.45, 2.75) is 13.0 Å². The van der Waals surface area contributed by atoms with Gasteiger partial charge in [0, 0.05) is 0 Å². The number of rotatable bonds is 3. The number of urea groups is 1. The number of imide groups is 1. The van der Waals surface area contributed by atoms with Crippen LogP contribution in [0.25, 0.3) is 0 Å². The van der Waals surface area contributed by atoms with Gasteiger partial charge in [-0.2, -0.15) is 0 Å². The summed E-state index contributed by atoms with van der Waals surface area (Å²) < 4.78 is 4.83. The fourth-order valence-corrected chi connectivity index (χ4v) is 1.89. The second-order valence-corrected chi connectivity index (χ2v) is 4.81. The van der Waals surface area contributed by atoms with Gasteiger partial charge in [-0.1, -0.05) is 34.8 Å². The quantitative estimate of drug-likeness (QED) is 0.652. The lowest BCUT2D eigenvalue weighted by atomic mass is 10.2. The number of esters is 1. The molecule has 1 atom stereocenters. The van der Waals surface area contributed by atoms with Gasteiger partial charge in [0.25, 0.3) is 5.91 Å². The number of benzene rings is 1. The van der Waals surface area contributed by atoms with E-state index in [1.807, 2.05) is 0 Å². The van der Waals surface area contributed by atoms with Crippen molar-refractivity contribution in [2.24, 2.45) is 5.73 Å². The topological polar surface area (TPSA) is 98.5 Å². The highest BCUT2D eigenvalue weighted by Crippen LogP contribution is 2.32. The van der Waals surface area contributed by atoms with Crippen molar-refractivity contribution in [3.63, 3.8) is 0 Å². The van der Waals surface area contributed by atoms with E-state index in [4.69, 9.17) is 45.3 Å². The van der Waals surface area contributed by atoms with Crippen LogP contribution in [0, 0.1) is 0 Å². The molecule has 108 valence electrons. The minimum atomic E-state index is -1.26. The van der Waals surface area contributed by atoms with E-state index in [2.05, 4.69) is 0 Å². The molecule has 1 aromatic rings. The van der Waals surface area contributed by atoms with Gasteiger partial charge in [0.15, 0.2) is 6.10 Å². The molecule has 3 amide bonds. The number of nitrogens with one attached hydrogen (secondary N) is 1. The Hall–Kier alpha value is -1.50. The van der Waals surface area contributed by atoms with Gasteiger partial charge in [-0.15, -0.1) is 0 Å². The molecule has 1 aromatic carbocycles. The van der Waals surface area contributed by atoms with Crippen LogP contribution >= 0.6 is 34.8 Å². The van der Waals surface area contributed by atoms with Crippen LogP contribution in [0.2, 0.25) is 15.1 Å². The molecule has 3 N–H and O–H groups in total. The van der Waals surface area contributed by atoms with Gasteiger partial charge >= 0.3 is 12.0 Å². The van der Waals surface area contributed by atoms with E-state index in [-0.39, 0.29) is 20.6 Å². The minimum Gasteiger partial charge on any atom is -0.449 e. The predicted octanol–water partition coefficient (Wildman–Crippen LogP) is 2.39. The summed E-state index contributed by atoms with van der Waals surface area (Å²) in [6.07, 6.45) is -1.26. The summed E-state index contributed by atoms with van der Waals surface area (Å²) in [5, 5.41) is 1.81. The fraction of sp³-hybridized carbons (Fsp3) is 0.182. The van der Waals surface area contributed by atoms with Crippen LogP contribution in [-0.2, 0) is 9.53 Å². The molecule has 0 spiro atoms. The summed E-state index contributed by atoms with van der Waals surface area (Å²) in [7, 11) is 0. The number of hydrogen-bond donors (Lipinski definition) is 2. The zero-order chi connectivity index (χ0) is 15.4. The number of hydrogen-bond acceptors (Lipinski definition) is 4. The first-order valence-corrected chi connectivity index (χ1v) is 6.32. The molecule has 0 bridgehead atoms. The highest BCUT2D eigenvalue weighted by atomic mass is 35.5. The maximum Gasteiger partial charge on any atom is 0.342 e. The second kappa shape index (κ2) is 6.78. The molecule has 0 aliphatic carbocycles. The number of carbonyl (C=O) groups is 3. The summed E-state index contributed by atoms with van der Waals surface area (Å²) in [4.78, 5) is 33.8. The summed E-state index contributed by atoms with van der Waals surface area (Å²) in [5.74, 6) is -1.82. The Labute approximate surface area is 129 Å². The number of amides is 3. The van der Waals surface area contributed by atoms with E-state index in [1.54, 1.807) is 5.32 Å². The summed E-state index contributed by atoms with van der Waals surface area (Å²) >= 11 is 17.4. The molecule has 0 heterocycles. The monoisotopic (exact) mass is 338 g/mol. The van der Waals surface area contributed by atoms with Crippen molar-refractivity contribution in [3.05, 3.63) is 32.8 Å². The van der Waals surface area contributed by atoms with Gasteiger partial charge in [-0.05, 0) is 19.1 Å². The van der Waals surface area contributed by atoms with E-state index in [1.165, 1.54) is 19.1 Å². The normalized spacial score (nSPS) is 11.6. The summed E-state index contributed by atoms with van der Waals surface area (Å²) in [5.41, 5.74) is 4.60. The fourth-order valence-electron chi connectivity index (χ4n) is 1.21. The lowest BCUT2D eigenvalue weighted by molar-refractivity contribution is -0.127. The van der Waals surface area contributed by atoms with Gasteiger partial charge in [0.1, 0.15) is 0 Å². The molecular formula is C11H9Cl3N2O4. The molecule has 0 saturated heterocycles. The number of ether oxygens (including phenoxy) is 1. The van der Waals surface area contributed by atoms with Crippen molar-refractivity contribution in [1.82, 2.24) is 5.32 Å². The Morgan fingerprint density at radius 1 is 1.20 bits per heavy atom. The molecule has 6 nitrogen and oxygen atoms in total. The minimum absolute atomic E-state index is 0.0203. The van der Waals surface area contributed by atoms with Crippen LogP contribution in [-0.4, -0.2) is 24.0 Å². The molecule has 0 aliphatic heterocycles. The van der Waals surface area contributed by atoms with Crippen LogP contribution < -0.4 is 11.1 Å². The van der Waals surface area contributed by atoms with Crippen molar-refractivity contribution < 1.29 is 19.1 Å². The predicted molar refractivity (Wildman–Crippen MR) is 74.1 cm³/mol. The average molecular weight is 340 g/mol. The van der Waals surface area contributed by atoms with E-state index < -0.39 is 24.0 Å². The van der Waals surface area contributed by atoms with E-state index in [0.717, 1.165) is 0 Å². The summed E-state index contributed by atoms with van der Waals surface area (Å²) in [6.45, 7) is 1.25. The summed E-state index contributed by atoms with van der Waals surface area (Å²) in [6, 6.07) is 1.71. The number of halogens is 3. The molecule has 1 unspecified atom stereocenters. The Kier molecular flexibility index (Phi) is 5.62. The molecule has 20 heavy (non-hydrogen) atoms. The van der Waals surface area contributed by atoms with Gasteiger partial charge in [0.05, 0.1) is 20.6 Å². The highest BCUT2D eigenvalue weighted by Gasteiger charge is 2.24. The number of carbonyl (C=O) groups excluding carboxylic acids is 3. The Morgan fingerprint density at radius 3 is 2.30 bits per heavy atom. The first-order chi connectivity index (χ1) is 9.23. The molecule has 0 aliphatic rings. The maximum absolute atomic E-state index is 11.9. The van der Waals surface area contributed by atoms with Gasteiger partial charge in [-0.25, -0.2) is 9.59 Å². The Bertz CT molecular complexity index is 577. The van der Waals surface area contributed by atoms with Crippen LogP contribution in [0.4, 0.5) is 4.79 Å². The van der Waals surface area contributed by atoms with E-state index in [9.17, 15) is 14.4 Å². The standard InChI is InChI=1S/C11H9Cl3N2O4/c1-4(9(17)16-11(15)19)20-10(18)7-5(12)2-3-6(13)8(7)14/h2-4H,1H3,(H3,15,16,17,19). The molecular weight excluding hydrogens is 330 g/mol. The highest BCUT2D eigenvalue weighted by molar-refractivity contribution is 6.46. The van der Waals surface area contributed by atoms with Gasteiger partial charge in [-0.3, -0.25) is 10.1 Å². The van der Waals surface area contributed by atoms with Gasteiger partial charge in [0.2, 0.25) is 0 Å². The number of nitrogens with two attached hydrogens (primary N) is 1. The first-order valence-electron chi connectivity index (χ1n) is 5.18. The van der Waals surface area contributed by atoms with Crippen molar-refractivity contribution in [1.29, 1.82) is 0 Å². The smallest absolute Gasteiger partial charge is 0.342 e.